The third-order valence-electron chi connectivity index (χ3n) is 4.12. The molecule has 2 nitrogen and oxygen atoms in total. The van der Waals surface area contributed by atoms with E-state index in [1.807, 2.05) is 0 Å². The van der Waals surface area contributed by atoms with E-state index in [-0.39, 0.29) is 18.4 Å². The highest BCUT2D eigenvalue weighted by Crippen LogP contribution is 2.40. The molecule has 5 heteroatoms. The summed E-state index contributed by atoms with van der Waals surface area (Å²) >= 11 is 0. The second-order valence-electron chi connectivity index (χ2n) is 5.68. The van der Waals surface area contributed by atoms with Crippen molar-refractivity contribution in [3.63, 3.8) is 0 Å². The van der Waals surface area contributed by atoms with Crippen molar-refractivity contribution in [1.82, 2.24) is 10.2 Å². The minimum Gasteiger partial charge on any atom is -0.314 e. The number of piperazine rings is 1. The number of halogens is 3. The Kier molecular flexibility index (Phi) is 5.35. The summed E-state index contributed by atoms with van der Waals surface area (Å²) in [5.74, 6) is -0.192. The molecule has 1 saturated heterocycles. The van der Waals surface area contributed by atoms with Crippen molar-refractivity contribution < 1.29 is 8.78 Å². The van der Waals surface area contributed by atoms with Gasteiger partial charge in [-0.15, -0.1) is 12.4 Å². The maximum Gasteiger partial charge on any atom is 0.126 e. The van der Waals surface area contributed by atoms with E-state index < -0.39 is 11.6 Å². The Morgan fingerprint density at radius 3 is 2.25 bits per heavy atom. The molecule has 1 aromatic rings. The second-order valence-corrected chi connectivity index (χ2v) is 5.68. The van der Waals surface area contributed by atoms with Crippen molar-refractivity contribution in [1.29, 1.82) is 0 Å². The summed E-state index contributed by atoms with van der Waals surface area (Å²) in [5.41, 5.74) is 0.798. The topological polar surface area (TPSA) is 15.3 Å². The molecule has 2 aliphatic rings. The molecule has 1 aromatic carbocycles. The van der Waals surface area contributed by atoms with E-state index in [1.165, 1.54) is 25.0 Å². The second kappa shape index (κ2) is 6.83. The fourth-order valence-electron chi connectivity index (χ4n) is 2.93. The molecule has 1 N–H and O–H groups in total. The van der Waals surface area contributed by atoms with Crippen LogP contribution in [0, 0.1) is 17.6 Å². The van der Waals surface area contributed by atoms with E-state index in [0.717, 1.165) is 50.1 Å². The Balaban J connectivity index is 0.00000147. The van der Waals surface area contributed by atoms with Crippen molar-refractivity contribution in [3.05, 3.63) is 35.4 Å². The van der Waals surface area contributed by atoms with Crippen LogP contribution >= 0.6 is 12.4 Å². The molecule has 2 fully saturated rings. The Bertz CT molecular complexity index is 425. The molecular weight excluding hydrogens is 282 g/mol. The highest BCUT2D eigenvalue weighted by Gasteiger charge is 2.30. The summed E-state index contributed by atoms with van der Waals surface area (Å²) in [7, 11) is 0. The van der Waals surface area contributed by atoms with Crippen LogP contribution < -0.4 is 5.32 Å². The van der Waals surface area contributed by atoms with Crippen molar-refractivity contribution in [2.75, 3.05) is 26.2 Å². The summed E-state index contributed by atoms with van der Waals surface area (Å²) in [6, 6.07) is 4.12. The van der Waals surface area contributed by atoms with Gasteiger partial charge in [-0.25, -0.2) is 8.78 Å². The normalized spacial score (nSPS) is 21.3. The SMILES string of the molecule is Cl.Fc1cc(F)cc([C@@H](CC2CC2)N2CCNCC2)c1. The molecule has 1 atom stereocenters. The monoisotopic (exact) mass is 302 g/mol. The van der Waals surface area contributed by atoms with Gasteiger partial charge >= 0.3 is 0 Å². The van der Waals surface area contributed by atoms with Crippen molar-refractivity contribution >= 4 is 12.4 Å². The Labute approximate surface area is 124 Å². The summed E-state index contributed by atoms with van der Waals surface area (Å²) in [6.07, 6.45) is 3.56. The average Bonchev–Trinajstić information content (AvgIpc) is 3.20. The van der Waals surface area contributed by atoms with Crippen LogP contribution in [0.25, 0.3) is 0 Å². The van der Waals surface area contributed by atoms with E-state index in [2.05, 4.69) is 10.2 Å². The zero-order chi connectivity index (χ0) is 13.2. The lowest BCUT2D eigenvalue weighted by Crippen LogP contribution is -2.45. The molecule has 0 amide bonds. The first-order valence-electron chi connectivity index (χ1n) is 7.13. The van der Waals surface area contributed by atoms with E-state index in [0.29, 0.717) is 0 Å². The first kappa shape index (κ1) is 15.7. The van der Waals surface area contributed by atoms with Gasteiger partial charge in [-0.2, -0.15) is 0 Å². The van der Waals surface area contributed by atoms with Crippen LogP contribution in [0.2, 0.25) is 0 Å². The summed E-state index contributed by atoms with van der Waals surface area (Å²) in [4.78, 5) is 2.36. The summed E-state index contributed by atoms with van der Waals surface area (Å²) in [6.45, 7) is 3.82. The van der Waals surface area contributed by atoms with E-state index in [4.69, 9.17) is 0 Å². The molecule has 0 aromatic heterocycles. The van der Waals surface area contributed by atoms with Gasteiger partial charge in [0.05, 0.1) is 0 Å². The van der Waals surface area contributed by atoms with Gasteiger partial charge in [0.15, 0.2) is 0 Å². The van der Waals surface area contributed by atoms with Gasteiger partial charge in [-0.3, -0.25) is 4.90 Å². The minimum atomic E-state index is -0.467. The Hall–Kier alpha value is -0.710. The zero-order valence-corrected chi connectivity index (χ0v) is 12.3. The smallest absolute Gasteiger partial charge is 0.126 e. The van der Waals surface area contributed by atoms with Gasteiger partial charge < -0.3 is 5.32 Å². The number of nitrogens with zero attached hydrogens (tertiary/aromatic N) is 1. The van der Waals surface area contributed by atoms with Gasteiger partial charge in [-0.05, 0) is 30.0 Å². The van der Waals surface area contributed by atoms with Gasteiger partial charge in [0.2, 0.25) is 0 Å². The van der Waals surface area contributed by atoms with Crippen LogP contribution in [-0.2, 0) is 0 Å². The van der Waals surface area contributed by atoms with E-state index in [1.54, 1.807) is 0 Å². The van der Waals surface area contributed by atoms with Crippen LogP contribution in [0.1, 0.15) is 30.9 Å². The minimum absolute atomic E-state index is 0. The van der Waals surface area contributed by atoms with Crippen molar-refractivity contribution in [3.8, 4) is 0 Å². The van der Waals surface area contributed by atoms with Crippen molar-refractivity contribution in [2.45, 2.75) is 25.3 Å². The largest absolute Gasteiger partial charge is 0.314 e. The fraction of sp³-hybridized carbons (Fsp3) is 0.600. The molecule has 3 rings (SSSR count). The molecule has 0 unspecified atom stereocenters. The van der Waals surface area contributed by atoms with Crippen LogP contribution in [0.5, 0.6) is 0 Å². The number of hydrogen-bond acceptors (Lipinski definition) is 2. The molecule has 0 radical (unpaired) electrons. The lowest BCUT2D eigenvalue weighted by Gasteiger charge is -2.35. The predicted octanol–water partition coefficient (Wildman–Crippen LogP) is 3.13. The number of hydrogen-bond donors (Lipinski definition) is 1. The van der Waals surface area contributed by atoms with Crippen LogP contribution in [0.3, 0.4) is 0 Å². The third-order valence-corrected chi connectivity index (χ3v) is 4.12. The first-order valence-corrected chi connectivity index (χ1v) is 7.13. The quantitative estimate of drug-likeness (QED) is 0.919. The maximum atomic E-state index is 13.4. The molecule has 0 spiro atoms. The predicted molar refractivity (Wildman–Crippen MR) is 78.1 cm³/mol. The summed E-state index contributed by atoms with van der Waals surface area (Å²) < 4.78 is 26.9. The molecule has 112 valence electrons. The van der Waals surface area contributed by atoms with E-state index >= 15 is 0 Å². The standard InChI is InChI=1S/C15H20F2N2.ClH/c16-13-8-12(9-14(17)10-13)15(7-11-1-2-11)19-5-3-18-4-6-19;/h8-11,15,18H,1-7H2;1H/t15-;/m1./s1. The lowest BCUT2D eigenvalue weighted by atomic mass is 9.98. The molecule has 1 aliphatic heterocycles. The van der Waals surface area contributed by atoms with Gasteiger partial charge in [0, 0.05) is 38.3 Å². The molecule has 1 saturated carbocycles. The summed E-state index contributed by atoms with van der Waals surface area (Å²) in [5, 5.41) is 3.32. The molecule has 0 bridgehead atoms. The van der Waals surface area contributed by atoms with Crippen LogP contribution in [-0.4, -0.2) is 31.1 Å². The van der Waals surface area contributed by atoms with E-state index in [9.17, 15) is 8.78 Å². The number of rotatable bonds is 4. The van der Waals surface area contributed by atoms with Crippen molar-refractivity contribution in [2.24, 2.45) is 5.92 Å². The zero-order valence-electron chi connectivity index (χ0n) is 11.4. The molecule has 1 heterocycles. The van der Waals surface area contributed by atoms with Gasteiger partial charge in [0.25, 0.3) is 0 Å². The fourth-order valence-corrected chi connectivity index (χ4v) is 2.93. The molecule has 1 aliphatic carbocycles. The Morgan fingerprint density at radius 1 is 1.10 bits per heavy atom. The maximum absolute atomic E-state index is 13.4. The lowest BCUT2D eigenvalue weighted by molar-refractivity contribution is 0.160. The highest BCUT2D eigenvalue weighted by molar-refractivity contribution is 5.85. The molecule has 20 heavy (non-hydrogen) atoms. The molecular formula is C15H21ClF2N2. The number of nitrogens with one attached hydrogen (secondary N) is 1. The number of benzene rings is 1. The highest BCUT2D eigenvalue weighted by atomic mass is 35.5. The first-order chi connectivity index (χ1) is 9.22. The van der Waals surface area contributed by atoms with Crippen LogP contribution in [0.4, 0.5) is 8.78 Å². The average molecular weight is 303 g/mol. The van der Waals surface area contributed by atoms with Gasteiger partial charge in [0.1, 0.15) is 11.6 Å². The van der Waals surface area contributed by atoms with Gasteiger partial charge in [-0.1, -0.05) is 12.8 Å². The third kappa shape index (κ3) is 3.90. The Morgan fingerprint density at radius 2 is 1.70 bits per heavy atom. The van der Waals surface area contributed by atoms with Crippen LogP contribution in [0.15, 0.2) is 18.2 Å².